The van der Waals surface area contributed by atoms with E-state index in [9.17, 15) is 0 Å². The molecule has 0 unspecified atom stereocenters. The van der Waals surface area contributed by atoms with Gasteiger partial charge < -0.3 is 20.4 Å². The number of aromatic nitrogens is 4. The molecule has 7 heteroatoms. The number of pyridine rings is 1. The van der Waals surface area contributed by atoms with E-state index >= 15 is 0 Å². The molecule has 3 aromatic rings. The van der Waals surface area contributed by atoms with Crippen LogP contribution in [0.5, 0.6) is 0 Å². The van der Waals surface area contributed by atoms with Gasteiger partial charge in [0.05, 0.1) is 11.9 Å². The number of piperidine rings is 1. The first kappa shape index (κ1) is 23.2. The molecule has 4 heterocycles. The molecule has 1 aliphatic heterocycles. The standard InChI is InChI=1S/C12H11N5.C6H13N.C2H6.CH2O/c1-7-5-15-12-10(7)17-9(6-16-12)8-3-2-4-14-11(8)13;1-7-5-3-2-4-6-7;2*1-2/h2-6H,1H3,(H2,13,14)(H,15,16);2-6H2,1H3;1-2H3;1H2. The van der Waals surface area contributed by atoms with Crippen molar-refractivity contribution in [1.29, 1.82) is 0 Å². The van der Waals surface area contributed by atoms with Crippen molar-refractivity contribution >= 4 is 23.8 Å². The third kappa shape index (κ3) is 6.42. The molecule has 0 atom stereocenters. The first-order valence-corrected chi connectivity index (χ1v) is 9.64. The van der Waals surface area contributed by atoms with Crippen LogP contribution in [0.2, 0.25) is 0 Å². The Labute approximate surface area is 167 Å². The number of fused-ring (bicyclic) bond motifs is 1. The molecule has 0 aromatic carbocycles. The van der Waals surface area contributed by atoms with E-state index in [4.69, 9.17) is 10.5 Å². The highest BCUT2D eigenvalue weighted by atomic mass is 16.1. The number of aromatic amines is 1. The molecule has 0 saturated carbocycles. The van der Waals surface area contributed by atoms with Gasteiger partial charge in [0.2, 0.25) is 0 Å². The van der Waals surface area contributed by atoms with Crippen molar-refractivity contribution in [2.45, 2.75) is 40.0 Å². The maximum atomic E-state index is 8.00. The van der Waals surface area contributed by atoms with Crippen LogP contribution in [0, 0.1) is 6.92 Å². The van der Waals surface area contributed by atoms with Crippen LogP contribution in [0.3, 0.4) is 0 Å². The molecule has 4 rings (SSSR count). The fourth-order valence-corrected chi connectivity index (χ4v) is 2.83. The third-order valence-electron chi connectivity index (χ3n) is 4.27. The molecule has 1 aliphatic rings. The zero-order chi connectivity index (χ0) is 20.9. The van der Waals surface area contributed by atoms with E-state index in [0.717, 1.165) is 28.0 Å². The van der Waals surface area contributed by atoms with Crippen LogP contribution in [-0.2, 0) is 4.79 Å². The number of carbonyl (C=O) groups excluding carboxylic acids is 1. The third-order valence-corrected chi connectivity index (χ3v) is 4.27. The second kappa shape index (κ2) is 12.6. The van der Waals surface area contributed by atoms with Crippen molar-refractivity contribution in [1.82, 2.24) is 24.8 Å². The highest BCUT2D eigenvalue weighted by molar-refractivity contribution is 5.79. The summed E-state index contributed by atoms with van der Waals surface area (Å²) >= 11 is 0. The molecular formula is C21H32N6O. The van der Waals surface area contributed by atoms with E-state index < -0.39 is 0 Å². The van der Waals surface area contributed by atoms with E-state index in [-0.39, 0.29) is 0 Å². The van der Waals surface area contributed by atoms with Crippen molar-refractivity contribution in [3.05, 3.63) is 36.3 Å². The number of rotatable bonds is 1. The second-order valence-corrected chi connectivity index (χ2v) is 6.22. The number of nitrogens with one attached hydrogen (secondary N) is 1. The van der Waals surface area contributed by atoms with Crippen LogP contribution in [0.15, 0.2) is 30.7 Å². The molecule has 1 fully saturated rings. The van der Waals surface area contributed by atoms with Gasteiger partial charge in [-0.2, -0.15) is 0 Å². The molecule has 1 saturated heterocycles. The van der Waals surface area contributed by atoms with Gasteiger partial charge in [-0.3, -0.25) is 0 Å². The van der Waals surface area contributed by atoms with E-state index in [1.807, 2.05) is 45.9 Å². The SMILES string of the molecule is C=O.CC.CN1CCCCC1.Cc1c[nH]c2ncc(-c3cccnc3N)nc12. The van der Waals surface area contributed by atoms with E-state index in [1.54, 1.807) is 12.4 Å². The largest absolute Gasteiger partial charge is 0.383 e. The number of hydrogen-bond acceptors (Lipinski definition) is 6. The summed E-state index contributed by atoms with van der Waals surface area (Å²) in [5.74, 6) is 0.467. The lowest BCUT2D eigenvalue weighted by atomic mass is 10.1. The molecule has 0 spiro atoms. The summed E-state index contributed by atoms with van der Waals surface area (Å²) < 4.78 is 0. The Kier molecular flexibility index (Phi) is 10.4. The lowest BCUT2D eigenvalue weighted by Gasteiger charge is -2.20. The minimum Gasteiger partial charge on any atom is -0.383 e. The molecular weight excluding hydrogens is 352 g/mol. The number of H-pyrrole nitrogens is 1. The van der Waals surface area contributed by atoms with Crippen molar-refractivity contribution in [3.8, 4) is 11.3 Å². The smallest absolute Gasteiger partial charge is 0.156 e. The Balaban J connectivity index is 0.000000299. The van der Waals surface area contributed by atoms with Crippen LogP contribution in [0.1, 0.15) is 38.7 Å². The molecule has 0 radical (unpaired) electrons. The van der Waals surface area contributed by atoms with Gasteiger partial charge in [0.25, 0.3) is 0 Å². The van der Waals surface area contributed by atoms with Crippen LogP contribution >= 0.6 is 0 Å². The fourth-order valence-electron chi connectivity index (χ4n) is 2.83. The maximum absolute atomic E-state index is 8.00. The van der Waals surface area contributed by atoms with Crippen LogP contribution in [-0.4, -0.2) is 51.8 Å². The monoisotopic (exact) mass is 384 g/mol. The number of hydrogen-bond donors (Lipinski definition) is 2. The van der Waals surface area contributed by atoms with Gasteiger partial charge in [-0.1, -0.05) is 20.3 Å². The second-order valence-electron chi connectivity index (χ2n) is 6.22. The topological polar surface area (TPSA) is 101 Å². The molecule has 3 aromatic heterocycles. The number of carbonyl (C=O) groups is 1. The summed E-state index contributed by atoms with van der Waals surface area (Å²) in [6.07, 6.45) is 9.52. The van der Waals surface area contributed by atoms with Crippen LogP contribution in [0.25, 0.3) is 22.4 Å². The molecule has 7 nitrogen and oxygen atoms in total. The average molecular weight is 385 g/mol. The van der Waals surface area contributed by atoms with Crippen molar-refractivity contribution in [2.75, 3.05) is 25.9 Å². The van der Waals surface area contributed by atoms with Gasteiger partial charge in [0.15, 0.2) is 5.65 Å². The van der Waals surface area contributed by atoms with Gasteiger partial charge in [-0.15, -0.1) is 0 Å². The summed E-state index contributed by atoms with van der Waals surface area (Å²) in [6.45, 7) is 10.6. The summed E-state index contributed by atoms with van der Waals surface area (Å²) in [7, 11) is 2.19. The Morgan fingerprint density at radius 3 is 2.39 bits per heavy atom. The minimum absolute atomic E-state index is 0.467. The Bertz CT molecular complexity index is 827. The van der Waals surface area contributed by atoms with Crippen LogP contribution in [0.4, 0.5) is 5.82 Å². The maximum Gasteiger partial charge on any atom is 0.156 e. The van der Waals surface area contributed by atoms with Crippen molar-refractivity contribution < 1.29 is 4.79 Å². The highest BCUT2D eigenvalue weighted by Gasteiger charge is 2.08. The number of likely N-dealkylation sites (tertiary alicyclic amines) is 1. The molecule has 152 valence electrons. The summed E-state index contributed by atoms with van der Waals surface area (Å²) in [5.41, 5.74) is 10.1. The number of nitrogen functional groups attached to an aromatic ring is 1. The van der Waals surface area contributed by atoms with E-state index in [1.165, 1.54) is 32.4 Å². The molecule has 0 amide bonds. The molecule has 3 N–H and O–H groups in total. The predicted octanol–water partition coefficient (Wildman–Crippen LogP) is 3.85. The van der Waals surface area contributed by atoms with E-state index in [2.05, 4.69) is 31.9 Å². The summed E-state index contributed by atoms with van der Waals surface area (Å²) in [5, 5.41) is 0. The lowest BCUT2D eigenvalue weighted by molar-refractivity contribution is -0.0979. The molecule has 0 bridgehead atoms. The zero-order valence-electron chi connectivity index (χ0n) is 17.4. The number of nitrogens with zero attached hydrogens (tertiary/aromatic N) is 4. The first-order valence-electron chi connectivity index (χ1n) is 9.64. The number of nitrogens with two attached hydrogens (primary N) is 1. The van der Waals surface area contributed by atoms with Crippen molar-refractivity contribution in [3.63, 3.8) is 0 Å². The zero-order valence-corrected chi connectivity index (χ0v) is 17.4. The number of anilines is 1. The van der Waals surface area contributed by atoms with Crippen molar-refractivity contribution in [2.24, 2.45) is 0 Å². The lowest BCUT2D eigenvalue weighted by Crippen LogP contribution is -2.24. The Morgan fingerprint density at radius 1 is 1.14 bits per heavy atom. The highest BCUT2D eigenvalue weighted by Crippen LogP contribution is 2.23. The fraction of sp³-hybridized carbons (Fsp3) is 0.429. The quantitative estimate of drug-likeness (QED) is 0.661. The molecule has 28 heavy (non-hydrogen) atoms. The van der Waals surface area contributed by atoms with Gasteiger partial charge in [-0.25, -0.2) is 15.0 Å². The Morgan fingerprint density at radius 2 is 1.82 bits per heavy atom. The molecule has 0 aliphatic carbocycles. The van der Waals surface area contributed by atoms with Gasteiger partial charge in [0.1, 0.15) is 18.1 Å². The van der Waals surface area contributed by atoms with Crippen LogP contribution < -0.4 is 5.73 Å². The minimum atomic E-state index is 0.467. The summed E-state index contributed by atoms with van der Waals surface area (Å²) in [6, 6.07) is 3.72. The summed E-state index contributed by atoms with van der Waals surface area (Å²) in [4.78, 5) is 26.4. The van der Waals surface area contributed by atoms with E-state index in [0.29, 0.717) is 5.82 Å². The first-order chi connectivity index (χ1) is 13.6. The van der Waals surface area contributed by atoms with Gasteiger partial charge in [-0.05, 0) is 57.6 Å². The Hall–Kier alpha value is -2.80. The normalized spacial score (nSPS) is 13.3. The average Bonchev–Trinajstić information content (AvgIpc) is 3.13. The van der Waals surface area contributed by atoms with Gasteiger partial charge >= 0.3 is 0 Å². The number of aryl methyl sites for hydroxylation is 1. The predicted molar refractivity (Wildman–Crippen MR) is 116 cm³/mol. The van der Waals surface area contributed by atoms with Gasteiger partial charge in [0, 0.05) is 18.0 Å².